The third-order valence-corrected chi connectivity index (χ3v) is 1.98. The molecule has 0 aromatic carbocycles. The fourth-order valence-corrected chi connectivity index (χ4v) is 1.40. The van der Waals surface area contributed by atoms with Crippen molar-refractivity contribution in [1.82, 2.24) is 9.97 Å². The first-order chi connectivity index (χ1) is 6.00. The van der Waals surface area contributed by atoms with Crippen LogP contribution in [0.15, 0.2) is 4.79 Å². The van der Waals surface area contributed by atoms with Crippen molar-refractivity contribution in [2.24, 2.45) is 0 Å². The summed E-state index contributed by atoms with van der Waals surface area (Å²) in [5.41, 5.74) is 0.0197. The number of carboxylic acids is 1. The molecule has 0 saturated carbocycles. The lowest BCUT2D eigenvalue weighted by molar-refractivity contribution is -0.137. The van der Waals surface area contributed by atoms with Crippen molar-refractivity contribution < 1.29 is 9.90 Å². The number of aromatic nitrogens is 2. The normalized spacial score (nSPS) is 12.8. The lowest BCUT2D eigenvalue weighted by Crippen LogP contribution is -2.06. The molecule has 5 nitrogen and oxygen atoms in total. The zero-order valence-corrected chi connectivity index (χ0v) is 7.68. The lowest BCUT2D eigenvalue weighted by atomic mass is 10.1. The molecule has 1 aromatic heterocycles. The zero-order valence-electron chi connectivity index (χ0n) is 6.93. The molecule has 0 fully saturated rings. The van der Waals surface area contributed by atoms with E-state index in [9.17, 15) is 9.59 Å². The zero-order chi connectivity index (χ0) is 10.0. The Balaban J connectivity index is 2.88. The van der Waals surface area contributed by atoms with E-state index in [4.69, 9.17) is 16.7 Å². The van der Waals surface area contributed by atoms with Gasteiger partial charge in [-0.25, -0.2) is 4.79 Å². The Bertz CT molecular complexity index is 368. The number of H-pyrrole nitrogens is 2. The summed E-state index contributed by atoms with van der Waals surface area (Å²) in [6.45, 7) is 1.68. The van der Waals surface area contributed by atoms with E-state index in [2.05, 4.69) is 9.97 Å². The molecule has 0 saturated heterocycles. The first-order valence-corrected chi connectivity index (χ1v) is 4.08. The molecule has 1 unspecified atom stereocenters. The van der Waals surface area contributed by atoms with Crippen molar-refractivity contribution >= 4 is 17.6 Å². The van der Waals surface area contributed by atoms with Crippen LogP contribution in [0.4, 0.5) is 0 Å². The van der Waals surface area contributed by atoms with Gasteiger partial charge >= 0.3 is 11.7 Å². The summed E-state index contributed by atoms with van der Waals surface area (Å²) < 4.78 is 0. The molecule has 6 heteroatoms. The Morgan fingerprint density at radius 2 is 2.23 bits per heavy atom. The van der Waals surface area contributed by atoms with E-state index in [-0.39, 0.29) is 17.5 Å². The lowest BCUT2D eigenvalue weighted by Gasteiger charge is -2.05. The molecule has 0 amide bonds. The van der Waals surface area contributed by atoms with Crippen LogP contribution in [0.2, 0.25) is 5.15 Å². The van der Waals surface area contributed by atoms with Gasteiger partial charge in [0.2, 0.25) is 0 Å². The second-order valence-corrected chi connectivity index (χ2v) is 3.18. The number of hydrogen-bond acceptors (Lipinski definition) is 2. The molecule has 0 radical (unpaired) electrons. The van der Waals surface area contributed by atoms with Crippen LogP contribution >= 0.6 is 11.6 Å². The standard InChI is InChI=1S/C7H9ClN2O3/c1-3(2-4(11)12)5-6(8)10-7(13)9-5/h3H,2H2,1H3,(H,11,12)(H2,9,10,13). The van der Waals surface area contributed by atoms with Crippen molar-refractivity contribution in [3.63, 3.8) is 0 Å². The summed E-state index contributed by atoms with van der Waals surface area (Å²) >= 11 is 5.64. The first-order valence-electron chi connectivity index (χ1n) is 3.70. The highest BCUT2D eigenvalue weighted by molar-refractivity contribution is 6.30. The second kappa shape index (κ2) is 3.66. The van der Waals surface area contributed by atoms with Gasteiger partial charge in [0, 0.05) is 5.92 Å². The van der Waals surface area contributed by atoms with Crippen molar-refractivity contribution in [3.8, 4) is 0 Å². The maximum absolute atomic E-state index is 10.8. The Morgan fingerprint density at radius 1 is 1.62 bits per heavy atom. The van der Waals surface area contributed by atoms with Gasteiger partial charge in [-0.1, -0.05) is 18.5 Å². The van der Waals surface area contributed by atoms with Crippen molar-refractivity contribution in [1.29, 1.82) is 0 Å². The molecule has 72 valence electrons. The molecule has 1 atom stereocenters. The molecule has 3 N–H and O–H groups in total. The molecule has 0 aliphatic heterocycles. The smallest absolute Gasteiger partial charge is 0.324 e. The van der Waals surface area contributed by atoms with E-state index in [1.165, 1.54) is 0 Å². The summed E-state index contributed by atoms with van der Waals surface area (Å²) in [6.07, 6.45) is -0.0620. The van der Waals surface area contributed by atoms with Crippen LogP contribution in [0.25, 0.3) is 0 Å². The largest absolute Gasteiger partial charge is 0.481 e. The van der Waals surface area contributed by atoms with Gasteiger partial charge in [-0.05, 0) is 0 Å². The molecule has 13 heavy (non-hydrogen) atoms. The van der Waals surface area contributed by atoms with Gasteiger partial charge in [-0.2, -0.15) is 0 Å². The van der Waals surface area contributed by atoms with Gasteiger partial charge in [0.1, 0.15) is 5.15 Å². The van der Waals surface area contributed by atoms with E-state index in [1.54, 1.807) is 6.92 Å². The summed E-state index contributed by atoms with van der Waals surface area (Å²) in [5, 5.41) is 8.68. The van der Waals surface area contributed by atoms with Crippen LogP contribution in [0, 0.1) is 0 Å². The van der Waals surface area contributed by atoms with Crippen LogP contribution in [0.1, 0.15) is 25.0 Å². The van der Waals surface area contributed by atoms with E-state index in [0.717, 1.165) is 0 Å². The van der Waals surface area contributed by atoms with E-state index in [0.29, 0.717) is 5.69 Å². The van der Waals surface area contributed by atoms with Gasteiger partial charge in [0.05, 0.1) is 12.1 Å². The van der Waals surface area contributed by atoms with E-state index >= 15 is 0 Å². The third kappa shape index (κ3) is 2.35. The number of aliphatic carboxylic acids is 1. The van der Waals surface area contributed by atoms with Crippen LogP contribution in [0.5, 0.6) is 0 Å². The number of aromatic amines is 2. The minimum Gasteiger partial charge on any atom is -0.481 e. The predicted molar refractivity (Wildman–Crippen MR) is 47.1 cm³/mol. The molecule has 1 rings (SSSR count). The van der Waals surface area contributed by atoms with Crippen LogP contribution < -0.4 is 5.69 Å². The fraction of sp³-hybridized carbons (Fsp3) is 0.429. The molecule has 0 spiro atoms. The fourth-order valence-electron chi connectivity index (χ4n) is 1.08. The molecule has 0 aliphatic carbocycles. The summed E-state index contributed by atoms with van der Waals surface area (Å²) in [6, 6.07) is 0. The Kier molecular flexibility index (Phi) is 2.77. The number of imidazole rings is 1. The van der Waals surface area contributed by atoms with Gasteiger partial charge in [-0.15, -0.1) is 0 Å². The highest BCUT2D eigenvalue weighted by atomic mass is 35.5. The quantitative estimate of drug-likeness (QED) is 0.685. The highest BCUT2D eigenvalue weighted by Gasteiger charge is 2.15. The number of carbonyl (C=O) groups is 1. The second-order valence-electron chi connectivity index (χ2n) is 2.81. The summed E-state index contributed by atoms with van der Waals surface area (Å²) in [7, 11) is 0. The maximum Gasteiger partial charge on any atom is 0.324 e. The maximum atomic E-state index is 10.8. The average molecular weight is 205 g/mol. The molecular formula is C7H9ClN2O3. The number of halogens is 1. The van der Waals surface area contributed by atoms with Crippen LogP contribution in [-0.4, -0.2) is 21.0 Å². The topological polar surface area (TPSA) is 85.9 Å². The van der Waals surface area contributed by atoms with E-state index < -0.39 is 11.7 Å². The first kappa shape index (κ1) is 9.85. The SMILES string of the molecule is CC(CC(=O)O)c1[nH]c(=O)[nH]c1Cl. The van der Waals surface area contributed by atoms with Gasteiger partial charge in [0.15, 0.2) is 0 Å². The van der Waals surface area contributed by atoms with E-state index in [1.807, 2.05) is 0 Å². The van der Waals surface area contributed by atoms with Gasteiger partial charge < -0.3 is 10.1 Å². The number of nitrogens with one attached hydrogen (secondary N) is 2. The Morgan fingerprint density at radius 3 is 2.62 bits per heavy atom. The average Bonchev–Trinajstić information content (AvgIpc) is 2.28. The molecule has 0 bridgehead atoms. The number of rotatable bonds is 3. The summed E-state index contributed by atoms with van der Waals surface area (Å²) in [4.78, 5) is 25.9. The monoisotopic (exact) mass is 204 g/mol. The predicted octanol–water partition coefficient (Wildman–Crippen LogP) is 0.935. The highest BCUT2D eigenvalue weighted by Crippen LogP contribution is 2.21. The van der Waals surface area contributed by atoms with Gasteiger partial charge in [0.25, 0.3) is 0 Å². The minimum absolute atomic E-state index is 0.0620. The molecule has 1 aromatic rings. The Hall–Kier alpha value is -1.23. The van der Waals surface area contributed by atoms with Crippen LogP contribution in [-0.2, 0) is 4.79 Å². The summed E-state index contributed by atoms with van der Waals surface area (Å²) in [5.74, 6) is -1.23. The number of carboxylic acid groups (broad SMARTS) is 1. The van der Waals surface area contributed by atoms with Gasteiger partial charge in [-0.3, -0.25) is 9.78 Å². The Labute approximate surface area is 78.7 Å². The molecular weight excluding hydrogens is 196 g/mol. The minimum atomic E-state index is -0.925. The van der Waals surface area contributed by atoms with Crippen molar-refractivity contribution in [2.45, 2.75) is 19.3 Å². The third-order valence-electron chi connectivity index (χ3n) is 1.68. The molecule has 0 aliphatic rings. The van der Waals surface area contributed by atoms with Crippen molar-refractivity contribution in [3.05, 3.63) is 21.3 Å². The van der Waals surface area contributed by atoms with Crippen molar-refractivity contribution in [2.75, 3.05) is 0 Å². The number of hydrogen-bond donors (Lipinski definition) is 3. The van der Waals surface area contributed by atoms with Crippen LogP contribution in [0.3, 0.4) is 0 Å². The molecule has 1 heterocycles.